The van der Waals surface area contributed by atoms with Crippen molar-refractivity contribution >= 4 is 21.7 Å². The van der Waals surface area contributed by atoms with E-state index in [-0.39, 0.29) is 11.9 Å². The van der Waals surface area contributed by atoms with Crippen molar-refractivity contribution in [2.75, 3.05) is 23.1 Å². The number of halogens is 2. The van der Waals surface area contributed by atoms with E-state index in [9.17, 15) is 17.2 Å². The van der Waals surface area contributed by atoms with Crippen LogP contribution in [0.1, 0.15) is 18.4 Å². The predicted molar refractivity (Wildman–Crippen MR) is 142 cm³/mol. The maximum absolute atomic E-state index is 15.0. The van der Waals surface area contributed by atoms with Gasteiger partial charge in [0.15, 0.2) is 11.6 Å². The van der Waals surface area contributed by atoms with Crippen LogP contribution in [0.15, 0.2) is 67.3 Å². The van der Waals surface area contributed by atoms with E-state index in [0.717, 1.165) is 38.1 Å². The molecule has 0 unspecified atom stereocenters. The Kier molecular flexibility index (Phi) is 7.89. The van der Waals surface area contributed by atoms with Gasteiger partial charge in [-0.3, -0.25) is 9.71 Å². The minimum Gasteiger partial charge on any atom is -0.435 e. The number of nitrogens with zero attached hydrogens (tertiary/aromatic N) is 4. The number of sulfonamides is 1. The molecule has 202 valence electrons. The second kappa shape index (κ2) is 11.7. The Morgan fingerprint density at radius 1 is 1.03 bits per heavy atom. The summed E-state index contributed by atoms with van der Waals surface area (Å²) in [5.74, 6) is -3.29. The minimum atomic E-state index is -4.03. The molecule has 13 heteroatoms. The maximum Gasteiger partial charge on any atom is 0.237 e. The van der Waals surface area contributed by atoms with Gasteiger partial charge in [-0.05, 0) is 61.3 Å². The van der Waals surface area contributed by atoms with E-state index in [1.165, 1.54) is 18.6 Å². The first-order chi connectivity index (χ1) is 18.9. The van der Waals surface area contributed by atoms with Crippen molar-refractivity contribution in [2.45, 2.75) is 24.6 Å². The topological polar surface area (TPSA) is 131 Å². The first-order valence-electron chi connectivity index (χ1n) is 12.2. The molecule has 39 heavy (non-hydrogen) atoms. The van der Waals surface area contributed by atoms with Gasteiger partial charge >= 0.3 is 0 Å². The summed E-state index contributed by atoms with van der Waals surface area (Å²) in [5.41, 5.74) is 0.756. The van der Waals surface area contributed by atoms with Crippen molar-refractivity contribution in [1.82, 2.24) is 25.3 Å². The zero-order chi connectivity index (χ0) is 27.2. The monoisotopic (exact) mass is 553 g/mol. The lowest BCUT2D eigenvalue weighted by atomic mass is 10.1. The number of ether oxygens (including phenoxy) is 1. The number of benzene rings is 1. The molecule has 0 aliphatic carbocycles. The summed E-state index contributed by atoms with van der Waals surface area (Å²) < 4.78 is 62.5. The molecule has 3 N–H and O–H groups in total. The third-order valence-corrected chi connectivity index (χ3v) is 7.18. The summed E-state index contributed by atoms with van der Waals surface area (Å²) in [6.07, 6.45) is 7.95. The van der Waals surface area contributed by atoms with Crippen LogP contribution in [0, 0.1) is 11.6 Å². The molecule has 1 saturated heterocycles. The van der Waals surface area contributed by atoms with Gasteiger partial charge in [0.05, 0.1) is 22.7 Å². The smallest absolute Gasteiger partial charge is 0.237 e. The Labute approximate surface area is 224 Å². The van der Waals surface area contributed by atoms with Crippen LogP contribution in [0.5, 0.6) is 11.6 Å². The van der Waals surface area contributed by atoms with E-state index in [0.29, 0.717) is 22.8 Å². The lowest BCUT2D eigenvalue weighted by Gasteiger charge is -2.23. The number of anilines is 2. The van der Waals surface area contributed by atoms with E-state index >= 15 is 0 Å². The molecule has 0 radical (unpaired) electrons. The molecule has 4 heterocycles. The summed E-state index contributed by atoms with van der Waals surface area (Å²) in [5, 5.41) is 6.62. The van der Waals surface area contributed by atoms with E-state index in [4.69, 9.17) is 4.74 Å². The third-order valence-electron chi connectivity index (χ3n) is 5.93. The molecule has 1 atom stereocenters. The molecule has 0 bridgehead atoms. The predicted octanol–water partition coefficient (Wildman–Crippen LogP) is 4.11. The van der Waals surface area contributed by atoms with Gasteiger partial charge in [0, 0.05) is 37.4 Å². The zero-order valence-electron chi connectivity index (χ0n) is 20.6. The van der Waals surface area contributed by atoms with Crippen molar-refractivity contribution < 1.29 is 21.9 Å². The lowest BCUT2D eigenvalue weighted by Crippen LogP contribution is -2.38. The first-order valence-corrected chi connectivity index (χ1v) is 13.8. The number of piperidine rings is 1. The van der Waals surface area contributed by atoms with Crippen LogP contribution in [-0.2, 0) is 15.8 Å². The third kappa shape index (κ3) is 6.62. The molecule has 1 fully saturated rings. The van der Waals surface area contributed by atoms with E-state index in [1.54, 1.807) is 36.5 Å². The molecule has 0 saturated carbocycles. The molecule has 5 rings (SSSR count). The van der Waals surface area contributed by atoms with Crippen molar-refractivity contribution in [2.24, 2.45) is 0 Å². The fraction of sp³-hybridized carbons (Fsp3) is 0.231. The van der Waals surface area contributed by atoms with Crippen molar-refractivity contribution in [3.8, 4) is 22.9 Å². The van der Waals surface area contributed by atoms with Crippen molar-refractivity contribution in [3.05, 3.63) is 84.4 Å². The maximum atomic E-state index is 15.0. The normalized spacial score (nSPS) is 15.5. The van der Waals surface area contributed by atoms with Gasteiger partial charge in [-0.25, -0.2) is 27.8 Å². The number of nitrogens with one attached hydrogen (secondary N) is 3. The number of rotatable bonds is 9. The zero-order valence-corrected chi connectivity index (χ0v) is 21.5. The molecule has 3 aromatic heterocycles. The Morgan fingerprint density at radius 3 is 2.69 bits per heavy atom. The fourth-order valence-corrected chi connectivity index (χ4v) is 5.28. The van der Waals surface area contributed by atoms with Crippen LogP contribution >= 0.6 is 0 Å². The van der Waals surface area contributed by atoms with Crippen LogP contribution < -0.4 is 20.1 Å². The number of hydrogen-bond donors (Lipinski definition) is 3. The number of pyridine rings is 2. The molecule has 0 spiro atoms. The van der Waals surface area contributed by atoms with E-state index in [1.807, 2.05) is 0 Å². The Bertz CT molecular complexity index is 1550. The van der Waals surface area contributed by atoms with Crippen LogP contribution in [0.25, 0.3) is 11.3 Å². The second-order valence-electron chi connectivity index (χ2n) is 8.87. The largest absolute Gasteiger partial charge is 0.435 e. The van der Waals surface area contributed by atoms with Gasteiger partial charge in [0.2, 0.25) is 27.7 Å². The van der Waals surface area contributed by atoms with Gasteiger partial charge in [-0.2, -0.15) is 4.39 Å². The van der Waals surface area contributed by atoms with E-state index < -0.39 is 38.8 Å². The van der Waals surface area contributed by atoms with Crippen molar-refractivity contribution in [3.63, 3.8) is 0 Å². The highest BCUT2D eigenvalue weighted by atomic mass is 32.2. The molecular weight excluding hydrogens is 528 g/mol. The minimum absolute atomic E-state index is 0.00955. The summed E-state index contributed by atoms with van der Waals surface area (Å²) in [6.45, 7) is 1.78. The number of hydrogen-bond acceptors (Lipinski definition) is 9. The average Bonchev–Trinajstić information content (AvgIpc) is 2.94. The van der Waals surface area contributed by atoms with E-state index in [2.05, 4.69) is 35.3 Å². The molecule has 1 aliphatic rings. The molecule has 10 nitrogen and oxygen atoms in total. The Balaban J connectivity index is 1.35. The van der Waals surface area contributed by atoms with Crippen molar-refractivity contribution in [1.29, 1.82) is 0 Å². The van der Waals surface area contributed by atoms with Crippen LogP contribution in [0.4, 0.5) is 20.4 Å². The van der Waals surface area contributed by atoms with Crippen LogP contribution in [-0.4, -0.2) is 47.5 Å². The van der Waals surface area contributed by atoms with Crippen LogP contribution in [0.3, 0.4) is 0 Å². The van der Waals surface area contributed by atoms with Gasteiger partial charge in [0.1, 0.15) is 0 Å². The molecular formula is C26H25F2N7O3S. The highest BCUT2D eigenvalue weighted by Gasteiger charge is 2.22. The van der Waals surface area contributed by atoms with Gasteiger partial charge < -0.3 is 15.4 Å². The van der Waals surface area contributed by atoms with Gasteiger partial charge in [0.25, 0.3) is 0 Å². The fourth-order valence-electron chi connectivity index (χ4n) is 4.10. The summed E-state index contributed by atoms with van der Waals surface area (Å²) in [7, 11) is -4.03. The SMILES string of the molecule is O=S(=O)(Cc1cccnc1)Nc1ccc(Oc2ncccc2-c2ccnc(N[C@H]3CCCNC3)n2)c(F)c1F. The first kappa shape index (κ1) is 26.4. The average molecular weight is 554 g/mol. The van der Waals surface area contributed by atoms with Gasteiger partial charge in [-0.1, -0.05) is 6.07 Å². The number of aromatic nitrogens is 4. The highest BCUT2D eigenvalue weighted by molar-refractivity contribution is 7.91. The lowest BCUT2D eigenvalue weighted by molar-refractivity contribution is 0.407. The summed E-state index contributed by atoms with van der Waals surface area (Å²) in [4.78, 5) is 16.9. The second-order valence-corrected chi connectivity index (χ2v) is 10.6. The van der Waals surface area contributed by atoms with Crippen LogP contribution in [0.2, 0.25) is 0 Å². The standard InChI is InChI=1S/C26H25F2N7O3S/c27-23-21(35-39(36,37)16-17-4-1-10-29-14-17)7-8-22(24(23)28)38-25-19(6-3-12-31-25)20-9-13-32-26(34-20)33-18-5-2-11-30-15-18/h1,3-4,6-10,12-14,18,30,35H,2,5,11,15-16H2,(H,32,33,34)/t18-/m0/s1. The molecule has 1 aliphatic heterocycles. The summed E-state index contributed by atoms with van der Waals surface area (Å²) >= 11 is 0. The Hall–Kier alpha value is -4.23. The molecule has 0 amide bonds. The Morgan fingerprint density at radius 2 is 1.90 bits per heavy atom. The quantitative estimate of drug-likeness (QED) is 0.280. The molecule has 1 aromatic carbocycles. The molecule has 4 aromatic rings. The van der Waals surface area contributed by atoms with Gasteiger partial charge in [-0.15, -0.1) is 0 Å². The highest BCUT2D eigenvalue weighted by Crippen LogP contribution is 2.34. The summed E-state index contributed by atoms with van der Waals surface area (Å²) in [6, 6.07) is 10.6.